The fraction of sp³-hybridized carbons (Fsp3) is 0.500. The third-order valence-corrected chi connectivity index (χ3v) is 4.44. The normalized spacial score (nSPS) is 20.4. The number of aliphatic carboxylic acids is 1. The van der Waals surface area contributed by atoms with Crippen LogP contribution in [0.25, 0.3) is 0 Å². The molecule has 1 fully saturated rings. The maximum Gasteiger partial charge on any atom is 0.320 e. The number of carbonyl (C=O) groups is 3. The van der Waals surface area contributed by atoms with Crippen molar-refractivity contribution in [1.29, 1.82) is 0 Å². The van der Waals surface area contributed by atoms with Gasteiger partial charge in [0.25, 0.3) is 0 Å². The molecule has 0 radical (unpaired) electrons. The van der Waals surface area contributed by atoms with Crippen LogP contribution < -0.4 is 16.0 Å². The van der Waals surface area contributed by atoms with Gasteiger partial charge in [-0.25, -0.2) is 4.79 Å². The number of anilines is 1. The Morgan fingerprint density at radius 3 is 2.20 bits per heavy atom. The van der Waals surface area contributed by atoms with E-state index in [1.54, 1.807) is 38.1 Å². The van der Waals surface area contributed by atoms with Crippen LogP contribution in [0.5, 0.6) is 0 Å². The molecule has 25 heavy (non-hydrogen) atoms. The number of urea groups is 1. The highest BCUT2D eigenvalue weighted by Gasteiger charge is 2.33. The summed E-state index contributed by atoms with van der Waals surface area (Å²) in [6.45, 7) is 3.27. The third-order valence-electron chi connectivity index (χ3n) is 4.44. The smallest absolute Gasteiger partial charge is 0.320 e. The molecule has 1 aliphatic rings. The van der Waals surface area contributed by atoms with Crippen molar-refractivity contribution in [3.8, 4) is 0 Å². The summed E-state index contributed by atoms with van der Waals surface area (Å²) in [7, 11) is 0. The second-order valence-corrected chi connectivity index (χ2v) is 6.93. The number of benzene rings is 1. The molecule has 3 amide bonds. The minimum Gasteiger partial charge on any atom is -0.481 e. The number of hydrogen-bond donors (Lipinski definition) is 4. The van der Waals surface area contributed by atoms with E-state index in [1.807, 2.05) is 6.07 Å². The first-order valence-corrected chi connectivity index (χ1v) is 8.46. The summed E-state index contributed by atoms with van der Waals surface area (Å²) in [5.74, 6) is -1.38. The maximum absolute atomic E-state index is 12.5. The van der Waals surface area contributed by atoms with E-state index in [0.29, 0.717) is 31.4 Å². The van der Waals surface area contributed by atoms with E-state index in [9.17, 15) is 14.4 Å². The summed E-state index contributed by atoms with van der Waals surface area (Å²) in [6.07, 6.45) is 2.38. The van der Waals surface area contributed by atoms with Crippen LogP contribution in [0, 0.1) is 5.92 Å². The Labute approximate surface area is 147 Å². The second kappa shape index (κ2) is 8.00. The topological polar surface area (TPSA) is 108 Å². The molecule has 1 aromatic rings. The summed E-state index contributed by atoms with van der Waals surface area (Å²) >= 11 is 0. The van der Waals surface area contributed by atoms with Gasteiger partial charge in [-0.05, 0) is 51.7 Å². The SMILES string of the molecule is CC(C)(NC(=O)Nc1ccccc1)C(=O)NC1CCC(C(=O)O)CC1. The Bertz CT molecular complexity index is 622. The molecule has 0 spiro atoms. The zero-order chi connectivity index (χ0) is 18.4. The van der Waals surface area contributed by atoms with Crippen molar-refractivity contribution >= 4 is 23.6 Å². The van der Waals surface area contributed by atoms with E-state index >= 15 is 0 Å². The van der Waals surface area contributed by atoms with Gasteiger partial charge >= 0.3 is 12.0 Å². The van der Waals surface area contributed by atoms with Gasteiger partial charge in [0, 0.05) is 11.7 Å². The van der Waals surface area contributed by atoms with Crippen LogP contribution in [0.3, 0.4) is 0 Å². The van der Waals surface area contributed by atoms with E-state index in [-0.39, 0.29) is 17.9 Å². The van der Waals surface area contributed by atoms with Crippen LogP contribution >= 0.6 is 0 Å². The molecule has 7 nitrogen and oxygen atoms in total. The lowest BCUT2D eigenvalue weighted by Gasteiger charge is -2.31. The van der Waals surface area contributed by atoms with Crippen molar-refractivity contribution in [3.05, 3.63) is 30.3 Å². The third kappa shape index (κ3) is 5.48. The molecule has 0 unspecified atom stereocenters. The molecule has 2 rings (SSSR count). The predicted molar refractivity (Wildman–Crippen MR) is 94.2 cm³/mol. The minimum atomic E-state index is -1.08. The van der Waals surface area contributed by atoms with Gasteiger partial charge in [0.1, 0.15) is 5.54 Å². The van der Waals surface area contributed by atoms with E-state index in [1.165, 1.54) is 0 Å². The van der Waals surface area contributed by atoms with Crippen LogP contribution in [0.4, 0.5) is 10.5 Å². The van der Waals surface area contributed by atoms with Crippen molar-refractivity contribution in [2.24, 2.45) is 5.92 Å². The van der Waals surface area contributed by atoms with Crippen molar-refractivity contribution in [2.75, 3.05) is 5.32 Å². The molecule has 1 saturated carbocycles. The van der Waals surface area contributed by atoms with Gasteiger partial charge in [-0.1, -0.05) is 18.2 Å². The molecule has 0 aromatic heterocycles. The minimum absolute atomic E-state index is 0.0543. The Hall–Kier alpha value is -2.57. The number of carboxylic acids is 1. The molecule has 0 aliphatic heterocycles. The molecule has 7 heteroatoms. The maximum atomic E-state index is 12.5. The molecule has 0 heterocycles. The molecule has 0 atom stereocenters. The Morgan fingerprint density at radius 2 is 1.64 bits per heavy atom. The Morgan fingerprint density at radius 1 is 1.04 bits per heavy atom. The number of rotatable bonds is 5. The highest BCUT2D eigenvalue weighted by molar-refractivity contribution is 5.95. The molecule has 1 aromatic carbocycles. The molecular weight excluding hydrogens is 322 g/mol. The molecule has 1 aliphatic carbocycles. The van der Waals surface area contributed by atoms with Gasteiger partial charge in [0.15, 0.2) is 0 Å². The summed E-state index contributed by atoms with van der Waals surface area (Å²) < 4.78 is 0. The lowest BCUT2D eigenvalue weighted by molar-refractivity contribution is -0.142. The van der Waals surface area contributed by atoms with Gasteiger partial charge < -0.3 is 21.1 Å². The highest BCUT2D eigenvalue weighted by Crippen LogP contribution is 2.24. The molecule has 0 bridgehead atoms. The van der Waals surface area contributed by atoms with Gasteiger partial charge in [-0.3, -0.25) is 9.59 Å². The Balaban J connectivity index is 1.83. The lowest BCUT2D eigenvalue weighted by atomic mass is 9.86. The summed E-state index contributed by atoms with van der Waals surface area (Å²) in [5, 5.41) is 17.3. The molecular formula is C18H25N3O4. The zero-order valence-corrected chi connectivity index (χ0v) is 14.5. The number of carbonyl (C=O) groups excluding carboxylic acids is 2. The fourth-order valence-corrected chi connectivity index (χ4v) is 2.87. The van der Waals surface area contributed by atoms with Gasteiger partial charge in [0.05, 0.1) is 5.92 Å². The highest BCUT2D eigenvalue weighted by atomic mass is 16.4. The van der Waals surface area contributed by atoms with Crippen LogP contribution in [-0.4, -0.2) is 34.6 Å². The fourth-order valence-electron chi connectivity index (χ4n) is 2.87. The standard InChI is InChI=1S/C18H25N3O4/c1-18(2,21-17(25)20-13-6-4-3-5-7-13)16(24)19-14-10-8-12(9-11-14)15(22)23/h3-7,12,14H,8-11H2,1-2H3,(H,19,24)(H,22,23)(H2,20,21,25). The average molecular weight is 347 g/mol. The number of nitrogens with one attached hydrogen (secondary N) is 3. The van der Waals surface area contributed by atoms with E-state index in [0.717, 1.165) is 0 Å². The van der Waals surface area contributed by atoms with Crippen LogP contribution in [0.15, 0.2) is 30.3 Å². The van der Waals surface area contributed by atoms with Crippen LogP contribution in [0.2, 0.25) is 0 Å². The number of para-hydroxylation sites is 1. The van der Waals surface area contributed by atoms with Crippen LogP contribution in [-0.2, 0) is 9.59 Å². The summed E-state index contributed by atoms with van der Waals surface area (Å²) in [4.78, 5) is 35.5. The summed E-state index contributed by atoms with van der Waals surface area (Å²) in [6, 6.07) is 8.46. The second-order valence-electron chi connectivity index (χ2n) is 6.93. The first-order valence-electron chi connectivity index (χ1n) is 8.46. The quantitative estimate of drug-likeness (QED) is 0.656. The monoisotopic (exact) mass is 347 g/mol. The van der Waals surface area contributed by atoms with E-state index in [4.69, 9.17) is 5.11 Å². The zero-order valence-electron chi connectivity index (χ0n) is 14.5. The summed E-state index contributed by atoms with van der Waals surface area (Å²) in [5.41, 5.74) is -0.439. The first kappa shape index (κ1) is 18.8. The predicted octanol–water partition coefficient (Wildman–Crippen LogP) is 2.35. The number of hydrogen-bond acceptors (Lipinski definition) is 3. The van der Waals surface area contributed by atoms with Gasteiger partial charge in [-0.2, -0.15) is 0 Å². The number of carboxylic acid groups (broad SMARTS) is 1. The van der Waals surface area contributed by atoms with Crippen molar-refractivity contribution < 1.29 is 19.5 Å². The molecule has 4 N–H and O–H groups in total. The average Bonchev–Trinajstić information content (AvgIpc) is 2.55. The largest absolute Gasteiger partial charge is 0.481 e. The molecule has 0 saturated heterocycles. The van der Waals surface area contributed by atoms with Crippen molar-refractivity contribution in [3.63, 3.8) is 0 Å². The molecule has 136 valence electrons. The van der Waals surface area contributed by atoms with Crippen LogP contribution in [0.1, 0.15) is 39.5 Å². The van der Waals surface area contributed by atoms with Crippen molar-refractivity contribution in [1.82, 2.24) is 10.6 Å². The van der Waals surface area contributed by atoms with Gasteiger partial charge in [-0.15, -0.1) is 0 Å². The Kier molecular flexibility index (Phi) is 6.01. The van der Waals surface area contributed by atoms with E-state index in [2.05, 4.69) is 16.0 Å². The van der Waals surface area contributed by atoms with Crippen molar-refractivity contribution in [2.45, 2.75) is 51.1 Å². The lowest BCUT2D eigenvalue weighted by Crippen LogP contribution is -2.57. The van der Waals surface area contributed by atoms with E-state index < -0.39 is 17.5 Å². The van der Waals surface area contributed by atoms with Gasteiger partial charge in [0.2, 0.25) is 5.91 Å². The first-order chi connectivity index (χ1) is 11.8. The number of amides is 3.